The first-order chi connectivity index (χ1) is 5.28. The number of rotatable bonds is 1. The van der Waals surface area contributed by atoms with Gasteiger partial charge in [0.1, 0.15) is 0 Å². The van der Waals surface area contributed by atoms with Gasteiger partial charge in [-0.3, -0.25) is 0 Å². The average molecular weight is 167 g/mol. The molecule has 0 radical (unpaired) electrons. The van der Waals surface area contributed by atoms with E-state index in [4.69, 9.17) is 0 Å². The highest BCUT2D eigenvalue weighted by molar-refractivity contribution is 5.19. The quantitative estimate of drug-likeness (QED) is 0.633. The maximum Gasteiger partial charge on any atom is 0.0323 e. The van der Waals surface area contributed by atoms with Crippen LogP contribution in [0.15, 0.2) is 12.3 Å². The van der Waals surface area contributed by atoms with Crippen molar-refractivity contribution in [1.29, 1.82) is 0 Å². The third-order valence-corrected chi connectivity index (χ3v) is 3.26. The highest BCUT2D eigenvalue weighted by atomic mass is 15.0. The summed E-state index contributed by atoms with van der Waals surface area (Å²) in [4.78, 5) is 0. The van der Waals surface area contributed by atoms with Crippen molar-refractivity contribution in [3.63, 3.8) is 0 Å². The van der Waals surface area contributed by atoms with E-state index in [1.54, 1.807) is 0 Å². The Morgan fingerprint density at radius 2 is 1.83 bits per heavy atom. The molecule has 0 saturated carbocycles. The van der Waals surface area contributed by atoms with Crippen molar-refractivity contribution in [3.8, 4) is 0 Å². The lowest BCUT2D eigenvalue weighted by atomic mass is 9.73. The molecule has 0 aromatic heterocycles. The molecule has 0 unspecified atom stereocenters. The van der Waals surface area contributed by atoms with Crippen LogP contribution in [0.2, 0.25) is 0 Å². The zero-order chi connectivity index (χ0) is 9.57. The first-order valence-electron chi connectivity index (χ1n) is 4.75. The third-order valence-electron chi connectivity index (χ3n) is 3.26. The molecule has 1 saturated heterocycles. The molecule has 1 aliphatic heterocycles. The Morgan fingerprint density at radius 3 is 2.00 bits per heavy atom. The lowest BCUT2D eigenvalue weighted by Crippen LogP contribution is -2.30. The number of hydrogen-bond acceptors (Lipinski definition) is 1. The molecular formula is C11H21N. The molecule has 70 valence electrons. The van der Waals surface area contributed by atoms with Gasteiger partial charge in [-0.15, -0.1) is 0 Å². The predicted molar refractivity (Wildman–Crippen MR) is 53.9 cm³/mol. The molecule has 0 aromatic rings. The van der Waals surface area contributed by atoms with Crippen LogP contribution in [0.1, 0.15) is 41.0 Å². The van der Waals surface area contributed by atoms with Gasteiger partial charge in [-0.05, 0) is 26.2 Å². The normalized spacial score (nSPS) is 34.0. The molecule has 0 spiro atoms. The van der Waals surface area contributed by atoms with E-state index in [1.165, 1.54) is 12.1 Å². The molecule has 1 fully saturated rings. The minimum absolute atomic E-state index is 0.232. The molecule has 1 atom stereocenters. The fourth-order valence-electron chi connectivity index (χ4n) is 2.17. The summed E-state index contributed by atoms with van der Waals surface area (Å²) in [6.45, 7) is 15.4. The van der Waals surface area contributed by atoms with Crippen molar-refractivity contribution < 1.29 is 0 Å². The van der Waals surface area contributed by atoms with Crippen LogP contribution < -0.4 is 5.32 Å². The largest absolute Gasteiger partial charge is 0.383 e. The van der Waals surface area contributed by atoms with Crippen LogP contribution in [0.4, 0.5) is 0 Å². The SMILES string of the molecule is C=C1NC(C)(C)C[C@@]1(C)C(C)C. The molecule has 0 aliphatic carbocycles. The lowest BCUT2D eigenvalue weighted by molar-refractivity contribution is 0.260. The maximum absolute atomic E-state index is 4.11. The molecule has 1 rings (SSSR count). The zero-order valence-corrected chi connectivity index (χ0v) is 8.99. The van der Waals surface area contributed by atoms with E-state index in [-0.39, 0.29) is 11.0 Å². The van der Waals surface area contributed by atoms with Crippen molar-refractivity contribution in [2.75, 3.05) is 0 Å². The van der Waals surface area contributed by atoms with Gasteiger partial charge in [-0.2, -0.15) is 0 Å². The second-order valence-corrected chi connectivity index (χ2v) is 5.24. The van der Waals surface area contributed by atoms with Crippen molar-refractivity contribution in [3.05, 3.63) is 12.3 Å². The highest BCUT2D eigenvalue weighted by Crippen LogP contribution is 2.46. The van der Waals surface area contributed by atoms with Gasteiger partial charge in [0, 0.05) is 16.7 Å². The zero-order valence-electron chi connectivity index (χ0n) is 8.99. The topological polar surface area (TPSA) is 12.0 Å². The molecule has 1 aliphatic rings. The van der Waals surface area contributed by atoms with Gasteiger partial charge in [0.25, 0.3) is 0 Å². The van der Waals surface area contributed by atoms with E-state index in [0.29, 0.717) is 5.92 Å². The number of hydrogen-bond donors (Lipinski definition) is 1. The van der Waals surface area contributed by atoms with Gasteiger partial charge in [0.2, 0.25) is 0 Å². The number of nitrogens with one attached hydrogen (secondary N) is 1. The third kappa shape index (κ3) is 1.37. The predicted octanol–water partition coefficient (Wildman–Crippen LogP) is 2.93. The second kappa shape index (κ2) is 2.51. The minimum Gasteiger partial charge on any atom is -0.383 e. The van der Waals surface area contributed by atoms with E-state index < -0.39 is 0 Å². The summed E-state index contributed by atoms with van der Waals surface area (Å²) >= 11 is 0. The molecule has 12 heavy (non-hydrogen) atoms. The van der Waals surface area contributed by atoms with E-state index >= 15 is 0 Å². The number of allylic oxidation sites excluding steroid dienone is 1. The van der Waals surface area contributed by atoms with Crippen LogP contribution in [0.3, 0.4) is 0 Å². The van der Waals surface area contributed by atoms with Crippen LogP contribution in [0.25, 0.3) is 0 Å². The molecule has 1 heterocycles. The van der Waals surface area contributed by atoms with Crippen LogP contribution in [-0.2, 0) is 0 Å². The highest BCUT2D eigenvalue weighted by Gasteiger charge is 2.44. The first kappa shape index (κ1) is 9.63. The Bertz CT molecular complexity index is 203. The van der Waals surface area contributed by atoms with Crippen LogP contribution in [0, 0.1) is 11.3 Å². The molecule has 0 amide bonds. The molecule has 1 nitrogen and oxygen atoms in total. The second-order valence-electron chi connectivity index (χ2n) is 5.24. The summed E-state index contributed by atoms with van der Waals surface area (Å²) in [7, 11) is 0. The Morgan fingerprint density at radius 1 is 1.33 bits per heavy atom. The minimum atomic E-state index is 0.232. The Balaban J connectivity index is 2.89. The Kier molecular flexibility index (Phi) is 2.02. The summed E-state index contributed by atoms with van der Waals surface area (Å²) in [5.41, 5.74) is 1.72. The molecule has 1 N–H and O–H groups in total. The summed E-state index contributed by atoms with van der Waals surface area (Å²) < 4.78 is 0. The molecule has 0 bridgehead atoms. The standard InChI is InChI=1S/C11H21N/c1-8(2)11(6)7-10(4,5)12-9(11)3/h8,12H,3,7H2,1-2,4-6H3/t11-/m0/s1. The van der Waals surface area contributed by atoms with Gasteiger partial charge in [0.15, 0.2) is 0 Å². The Labute approximate surface area is 76.2 Å². The fourth-order valence-corrected chi connectivity index (χ4v) is 2.17. The van der Waals surface area contributed by atoms with Gasteiger partial charge >= 0.3 is 0 Å². The summed E-state index contributed by atoms with van der Waals surface area (Å²) in [6.07, 6.45) is 1.19. The average Bonchev–Trinajstić information content (AvgIpc) is 2.03. The van der Waals surface area contributed by atoms with Gasteiger partial charge in [-0.25, -0.2) is 0 Å². The van der Waals surface area contributed by atoms with Gasteiger partial charge in [-0.1, -0.05) is 27.4 Å². The first-order valence-corrected chi connectivity index (χ1v) is 4.75. The van der Waals surface area contributed by atoms with Gasteiger partial charge < -0.3 is 5.32 Å². The Hall–Kier alpha value is -0.460. The summed E-state index contributed by atoms with van der Waals surface area (Å²) in [6, 6.07) is 0. The summed E-state index contributed by atoms with van der Waals surface area (Å²) in [5, 5.41) is 3.47. The van der Waals surface area contributed by atoms with E-state index in [9.17, 15) is 0 Å². The molecule has 1 heteroatoms. The smallest absolute Gasteiger partial charge is 0.0323 e. The summed E-state index contributed by atoms with van der Waals surface area (Å²) in [5.74, 6) is 0.666. The van der Waals surface area contributed by atoms with Crippen LogP contribution in [0.5, 0.6) is 0 Å². The molecule has 0 aromatic carbocycles. The van der Waals surface area contributed by atoms with Crippen LogP contribution >= 0.6 is 0 Å². The van der Waals surface area contributed by atoms with E-state index in [1.807, 2.05) is 0 Å². The van der Waals surface area contributed by atoms with Crippen molar-refractivity contribution in [2.45, 2.75) is 46.6 Å². The monoisotopic (exact) mass is 167 g/mol. The van der Waals surface area contributed by atoms with Crippen molar-refractivity contribution in [1.82, 2.24) is 5.32 Å². The van der Waals surface area contributed by atoms with E-state index in [0.717, 1.165) is 0 Å². The lowest BCUT2D eigenvalue weighted by Gasteiger charge is -2.29. The van der Waals surface area contributed by atoms with Crippen molar-refractivity contribution in [2.24, 2.45) is 11.3 Å². The van der Waals surface area contributed by atoms with Crippen molar-refractivity contribution >= 4 is 0 Å². The fraction of sp³-hybridized carbons (Fsp3) is 0.818. The van der Waals surface area contributed by atoms with Crippen LogP contribution in [-0.4, -0.2) is 5.54 Å². The maximum atomic E-state index is 4.11. The molecular weight excluding hydrogens is 146 g/mol. The van der Waals surface area contributed by atoms with E-state index in [2.05, 4.69) is 46.5 Å². The van der Waals surface area contributed by atoms with Gasteiger partial charge in [0.05, 0.1) is 0 Å².